The third-order valence-electron chi connectivity index (χ3n) is 3.94. The summed E-state index contributed by atoms with van der Waals surface area (Å²) in [6.45, 7) is 4.02. The van der Waals surface area contributed by atoms with E-state index in [9.17, 15) is 0 Å². The fraction of sp³-hybridized carbons (Fsp3) is 0.294. The topological polar surface area (TPSA) is 64.5 Å². The number of rotatable bonds is 4. The fourth-order valence-electron chi connectivity index (χ4n) is 2.65. The minimum Gasteiger partial charge on any atom is -0.453 e. The molecule has 8 heteroatoms. The third-order valence-corrected chi connectivity index (χ3v) is 4.78. The van der Waals surface area contributed by atoms with Crippen LogP contribution in [0.3, 0.4) is 0 Å². The van der Waals surface area contributed by atoms with Crippen LogP contribution in [0, 0.1) is 0 Å². The first-order valence-electron chi connectivity index (χ1n) is 7.87. The number of furan rings is 1. The second kappa shape index (κ2) is 7.29. The Labute approximate surface area is 157 Å². The molecule has 25 heavy (non-hydrogen) atoms. The van der Waals surface area contributed by atoms with Crippen molar-refractivity contribution in [3.63, 3.8) is 0 Å². The highest BCUT2D eigenvalue weighted by atomic mass is 79.9. The van der Waals surface area contributed by atoms with Crippen molar-refractivity contribution in [1.29, 1.82) is 0 Å². The molecule has 3 aromatic rings. The van der Waals surface area contributed by atoms with E-state index in [1.807, 2.05) is 18.2 Å². The minimum atomic E-state index is 0.338. The van der Waals surface area contributed by atoms with E-state index in [0.717, 1.165) is 48.6 Å². The molecular formula is C17H15BrClN3O3. The van der Waals surface area contributed by atoms with Gasteiger partial charge in [0.25, 0.3) is 5.89 Å². The first kappa shape index (κ1) is 16.8. The molecule has 1 aliphatic heterocycles. The van der Waals surface area contributed by atoms with E-state index >= 15 is 0 Å². The third kappa shape index (κ3) is 3.79. The van der Waals surface area contributed by atoms with Crippen LogP contribution in [0.15, 0.2) is 43.7 Å². The molecule has 0 atom stereocenters. The SMILES string of the molecule is Clc1ccc(-c2noc(-c3oc(CN4CCOCC4)cc3Br)n2)cc1. The number of halogens is 2. The van der Waals surface area contributed by atoms with Gasteiger partial charge in [-0.05, 0) is 46.3 Å². The summed E-state index contributed by atoms with van der Waals surface area (Å²) in [6, 6.07) is 9.21. The number of hydrogen-bond donors (Lipinski definition) is 0. The Morgan fingerprint density at radius 3 is 2.68 bits per heavy atom. The Bertz CT molecular complexity index is 856. The lowest BCUT2D eigenvalue weighted by atomic mass is 10.2. The summed E-state index contributed by atoms with van der Waals surface area (Å²) >= 11 is 9.42. The van der Waals surface area contributed by atoms with Crippen molar-refractivity contribution < 1.29 is 13.7 Å². The van der Waals surface area contributed by atoms with Crippen LogP contribution < -0.4 is 0 Å². The molecule has 1 aromatic carbocycles. The van der Waals surface area contributed by atoms with Gasteiger partial charge in [-0.3, -0.25) is 4.90 Å². The number of aromatic nitrogens is 2. The number of ether oxygens (including phenoxy) is 1. The van der Waals surface area contributed by atoms with E-state index in [4.69, 9.17) is 25.3 Å². The molecule has 1 fully saturated rings. The Morgan fingerprint density at radius 1 is 1.16 bits per heavy atom. The average Bonchev–Trinajstić information content (AvgIpc) is 3.23. The maximum Gasteiger partial charge on any atom is 0.295 e. The second-order valence-electron chi connectivity index (χ2n) is 5.71. The molecule has 2 aromatic heterocycles. The van der Waals surface area contributed by atoms with Crippen molar-refractivity contribution in [2.75, 3.05) is 26.3 Å². The highest BCUT2D eigenvalue weighted by Crippen LogP contribution is 2.32. The molecule has 1 saturated heterocycles. The summed E-state index contributed by atoms with van der Waals surface area (Å²) in [5.41, 5.74) is 0.829. The van der Waals surface area contributed by atoms with Gasteiger partial charge < -0.3 is 13.7 Å². The summed E-state index contributed by atoms with van der Waals surface area (Å²) in [7, 11) is 0. The average molecular weight is 425 g/mol. The number of nitrogens with zero attached hydrogens (tertiary/aromatic N) is 3. The number of hydrogen-bond acceptors (Lipinski definition) is 6. The van der Waals surface area contributed by atoms with E-state index in [1.165, 1.54) is 0 Å². The van der Waals surface area contributed by atoms with E-state index < -0.39 is 0 Å². The van der Waals surface area contributed by atoms with Gasteiger partial charge >= 0.3 is 0 Å². The van der Waals surface area contributed by atoms with Crippen LogP contribution in [-0.4, -0.2) is 41.3 Å². The van der Waals surface area contributed by atoms with Gasteiger partial charge in [0.05, 0.1) is 24.2 Å². The minimum absolute atomic E-state index is 0.338. The number of benzene rings is 1. The maximum absolute atomic E-state index is 5.92. The Hall–Kier alpha value is -1.67. The van der Waals surface area contributed by atoms with Gasteiger partial charge in [0.15, 0.2) is 0 Å². The lowest BCUT2D eigenvalue weighted by Crippen LogP contribution is -2.35. The number of morpholine rings is 1. The van der Waals surface area contributed by atoms with Crippen LogP contribution in [0.1, 0.15) is 5.76 Å². The van der Waals surface area contributed by atoms with Gasteiger partial charge in [0.1, 0.15) is 5.76 Å². The van der Waals surface area contributed by atoms with E-state index in [2.05, 4.69) is 31.0 Å². The zero-order valence-corrected chi connectivity index (χ0v) is 15.6. The summed E-state index contributed by atoms with van der Waals surface area (Å²) in [5.74, 6) is 2.21. The smallest absolute Gasteiger partial charge is 0.295 e. The zero-order chi connectivity index (χ0) is 17.2. The fourth-order valence-corrected chi connectivity index (χ4v) is 3.28. The molecule has 6 nitrogen and oxygen atoms in total. The Kier molecular flexibility index (Phi) is 4.89. The molecule has 3 heterocycles. The van der Waals surface area contributed by atoms with Crippen LogP contribution in [0.4, 0.5) is 0 Å². The Morgan fingerprint density at radius 2 is 1.92 bits per heavy atom. The molecule has 0 N–H and O–H groups in total. The highest BCUT2D eigenvalue weighted by Gasteiger charge is 2.20. The largest absolute Gasteiger partial charge is 0.453 e. The zero-order valence-electron chi connectivity index (χ0n) is 13.2. The molecule has 0 aliphatic carbocycles. The molecule has 0 saturated carbocycles. The molecule has 1 aliphatic rings. The van der Waals surface area contributed by atoms with Gasteiger partial charge in [-0.1, -0.05) is 16.8 Å². The van der Waals surface area contributed by atoms with Crippen molar-refractivity contribution in [2.45, 2.75) is 6.54 Å². The van der Waals surface area contributed by atoms with Crippen LogP contribution in [0.5, 0.6) is 0 Å². The molecule has 0 bridgehead atoms. The van der Waals surface area contributed by atoms with Gasteiger partial charge in [0.2, 0.25) is 11.6 Å². The standard InChI is InChI=1S/C17H15BrClN3O3/c18-14-9-13(10-22-5-7-23-8-6-22)24-15(14)17-20-16(21-25-17)11-1-3-12(19)4-2-11/h1-4,9H,5-8,10H2. The van der Waals surface area contributed by atoms with Gasteiger partial charge in [0, 0.05) is 23.7 Å². The van der Waals surface area contributed by atoms with E-state index in [1.54, 1.807) is 12.1 Å². The lowest BCUT2D eigenvalue weighted by molar-refractivity contribution is 0.0314. The first-order chi connectivity index (χ1) is 12.2. The predicted octanol–water partition coefficient (Wildman–Crippen LogP) is 4.24. The molecule has 0 amide bonds. The molecule has 4 rings (SSSR count). The van der Waals surface area contributed by atoms with Crippen LogP contribution in [0.2, 0.25) is 5.02 Å². The monoisotopic (exact) mass is 423 g/mol. The lowest BCUT2D eigenvalue weighted by Gasteiger charge is -2.25. The normalized spacial score (nSPS) is 15.6. The van der Waals surface area contributed by atoms with Crippen LogP contribution in [0.25, 0.3) is 23.0 Å². The second-order valence-corrected chi connectivity index (χ2v) is 7.00. The van der Waals surface area contributed by atoms with Crippen molar-refractivity contribution in [1.82, 2.24) is 15.0 Å². The highest BCUT2D eigenvalue weighted by molar-refractivity contribution is 9.10. The predicted molar refractivity (Wildman–Crippen MR) is 96.2 cm³/mol. The first-order valence-corrected chi connectivity index (χ1v) is 9.04. The van der Waals surface area contributed by atoms with Crippen molar-refractivity contribution in [3.05, 3.63) is 45.6 Å². The molecule has 130 valence electrons. The quantitative estimate of drug-likeness (QED) is 0.624. The summed E-state index contributed by atoms with van der Waals surface area (Å²) in [6.07, 6.45) is 0. The van der Waals surface area contributed by atoms with E-state index in [0.29, 0.717) is 22.5 Å². The van der Waals surface area contributed by atoms with Gasteiger partial charge in [-0.15, -0.1) is 0 Å². The maximum atomic E-state index is 5.92. The molecule has 0 radical (unpaired) electrons. The summed E-state index contributed by atoms with van der Waals surface area (Å²) < 4.78 is 17.5. The van der Waals surface area contributed by atoms with Crippen molar-refractivity contribution in [3.8, 4) is 23.0 Å². The summed E-state index contributed by atoms with van der Waals surface area (Å²) in [4.78, 5) is 6.71. The van der Waals surface area contributed by atoms with Crippen molar-refractivity contribution in [2.24, 2.45) is 0 Å². The van der Waals surface area contributed by atoms with Gasteiger partial charge in [-0.25, -0.2) is 0 Å². The summed E-state index contributed by atoms with van der Waals surface area (Å²) in [5, 5.41) is 4.68. The molecule has 0 spiro atoms. The molecule has 0 unspecified atom stereocenters. The van der Waals surface area contributed by atoms with E-state index in [-0.39, 0.29) is 0 Å². The van der Waals surface area contributed by atoms with Crippen molar-refractivity contribution >= 4 is 27.5 Å². The van der Waals surface area contributed by atoms with Crippen LogP contribution >= 0.6 is 27.5 Å². The van der Waals surface area contributed by atoms with Gasteiger partial charge in [-0.2, -0.15) is 4.98 Å². The van der Waals surface area contributed by atoms with Crippen LogP contribution in [-0.2, 0) is 11.3 Å². The Balaban J connectivity index is 1.54. The molecular weight excluding hydrogens is 410 g/mol.